The zero-order valence-electron chi connectivity index (χ0n) is 30.7. The van der Waals surface area contributed by atoms with Gasteiger partial charge in [-0.25, -0.2) is 23.7 Å². The van der Waals surface area contributed by atoms with Gasteiger partial charge in [-0.1, -0.05) is 29.8 Å². The second kappa shape index (κ2) is 15.9. The minimum absolute atomic E-state index is 0. The first-order valence-corrected chi connectivity index (χ1v) is 17.5. The summed E-state index contributed by atoms with van der Waals surface area (Å²) >= 11 is 0. The fourth-order valence-electron chi connectivity index (χ4n) is 7.35. The molecule has 0 atom stereocenters. The molecule has 0 saturated carbocycles. The molecule has 274 valence electrons. The van der Waals surface area contributed by atoms with E-state index in [-0.39, 0.29) is 37.2 Å². The molecule has 0 radical (unpaired) electrons. The molecule has 1 aromatic carbocycles. The third-order valence-electron chi connectivity index (χ3n) is 9.78. The molecule has 7 aromatic rings. The summed E-state index contributed by atoms with van der Waals surface area (Å²) in [5, 5.41) is 0. The molecule has 8 bridgehead atoms. The van der Waals surface area contributed by atoms with E-state index < -0.39 is 0 Å². The van der Waals surface area contributed by atoms with Gasteiger partial charge in [0.2, 0.25) is 0 Å². The van der Waals surface area contributed by atoms with Crippen molar-refractivity contribution in [2.24, 2.45) is 21.1 Å². The summed E-state index contributed by atoms with van der Waals surface area (Å²) in [5.74, 6) is 0. The van der Waals surface area contributed by atoms with Gasteiger partial charge in [-0.05, 0) is 79.3 Å². The first-order valence-electron chi connectivity index (χ1n) is 17.5. The van der Waals surface area contributed by atoms with E-state index in [0.717, 1.165) is 89.4 Å². The van der Waals surface area contributed by atoms with Crippen LogP contribution in [0.25, 0.3) is 90.9 Å². The maximum atomic E-state index is 5.41. The largest absolute Gasteiger partial charge is 1.00 e. The minimum Gasteiger partial charge on any atom is -1.00 e. The molecular formula is C45H38Cl3N7. The Bertz CT molecular complexity index is 2750. The summed E-state index contributed by atoms with van der Waals surface area (Å²) in [6, 6.07) is 30.1. The van der Waals surface area contributed by atoms with Crippen molar-refractivity contribution in [2.75, 3.05) is 0 Å². The fraction of sp³-hybridized carbons (Fsp3) is 0.0889. The maximum absolute atomic E-state index is 5.41. The molecule has 9 rings (SSSR count). The van der Waals surface area contributed by atoms with Gasteiger partial charge >= 0.3 is 0 Å². The van der Waals surface area contributed by atoms with Crippen molar-refractivity contribution in [3.63, 3.8) is 0 Å². The number of benzene rings is 1. The normalized spacial score (nSPS) is 11.4. The number of aryl methyl sites for hydroxylation is 4. The summed E-state index contributed by atoms with van der Waals surface area (Å²) in [5.41, 5.74) is 17.1. The van der Waals surface area contributed by atoms with Crippen LogP contribution < -0.4 is 50.9 Å². The number of fused-ring (bicyclic) bond motifs is 8. The van der Waals surface area contributed by atoms with Crippen LogP contribution in [-0.4, -0.2) is 19.9 Å². The van der Waals surface area contributed by atoms with E-state index in [9.17, 15) is 0 Å². The Kier molecular flexibility index (Phi) is 11.2. The van der Waals surface area contributed by atoms with E-state index in [1.165, 1.54) is 5.56 Å². The van der Waals surface area contributed by atoms with Crippen molar-refractivity contribution in [3.8, 4) is 44.5 Å². The summed E-state index contributed by atoms with van der Waals surface area (Å²) in [7, 11) is 6.15. The van der Waals surface area contributed by atoms with E-state index in [0.29, 0.717) is 0 Å². The lowest BCUT2D eigenvalue weighted by atomic mass is 10.0. The van der Waals surface area contributed by atoms with Crippen LogP contribution in [0.15, 0.2) is 122 Å². The number of H-pyrrole nitrogens is 2. The van der Waals surface area contributed by atoms with Crippen molar-refractivity contribution in [1.29, 1.82) is 0 Å². The van der Waals surface area contributed by atoms with Gasteiger partial charge in [0.05, 0.1) is 22.8 Å². The van der Waals surface area contributed by atoms with Crippen LogP contribution in [0, 0.1) is 6.92 Å². The molecule has 6 aromatic heterocycles. The van der Waals surface area contributed by atoms with Crippen LogP contribution in [0.1, 0.15) is 28.3 Å². The molecule has 2 aliphatic heterocycles. The Morgan fingerprint density at radius 3 is 1.02 bits per heavy atom. The SMILES string of the molecule is Cc1ccc(-c2c3nc(c(-c4ccc[n+](C)c4)c4ccc([nH]4)c(-c4ccc[n+](C)c4)c4nc(c(-c5ccc[n+](C)c5)c5ccc2[nH]5)C=C4)C=C3)cc1.[Cl-].[Cl-].[Cl-]. The lowest BCUT2D eigenvalue weighted by molar-refractivity contribution is -0.671. The van der Waals surface area contributed by atoms with Gasteiger partial charge in [0.25, 0.3) is 0 Å². The summed E-state index contributed by atoms with van der Waals surface area (Å²) in [6.07, 6.45) is 21.2. The van der Waals surface area contributed by atoms with Crippen molar-refractivity contribution in [2.45, 2.75) is 6.92 Å². The molecule has 10 heteroatoms. The third-order valence-corrected chi connectivity index (χ3v) is 9.78. The first kappa shape index (κ1) is 38.9. The topological polar surface area (TPSA) is 69.0 Å². The Morgan fingerprint density at radius 1 is 0.400 bits per heavy atom. The number of nitrogens with one attached hydrogen (secondary N) is 2. The maximum Gasteiger partial charge on any atom is 0.176 e. The Balaban J connectivity index is 0.00000171. The molecule has 8 heterocycles. The van der Waals surface area contributed by atoms with Crippen LogP contribution in [0.3, 0.4) is 0 Å². The van der Waals surface area contributed by atoms with Gasteiger partial charge in [0.1, 0.15) is 21.1 Å². The molecule has 0 fully saturated rings. The quantitative estimate of drug-likeness (QED) is 0.228. The molecule has 0 saturated heterocycles. The second-order valence-corrected chi connectivity index (χ2v) is 13.6. The minimum atomic E-state index is 0. The van der Waals surface area contributed by atoms with E-state index in [2.05, 4.69) is 198 Å². The average molecular weight is 783 g/mol. The van der Waals surface area contributed by atoms with Crippen LogP contribution in [0.4, 0.5) is 0 Å². The number of hydrogen-bond acceptors (Lipinski definition) is 2. The van der Waals surface area contributed by atoms with Crippen molar-refractivity contribution < 1.29 is 50.9 Å². The number of pyridine rings is 3. The second-order valence-electron chi connectivity index (χ2n) is 13.6. The highest BCUT2D eigenvalue weighted by Gasteiger charge is 2.20. The molecule has 0 unspecified atom stereocenters. The number of rotatable bonds is 4. The fourth-order valence-corrected chi connectivity index (χ4v) is 7.35. The molecule has 0 amide bonds. The van der Waals surface area contributed by atoms with Crippen molar-refractivity contribution >= 4 is 46.4 Å². The van der Waals surface area contributed by atoms with Crippen LogP contribution in [0.5, 0.6) is 0 Å². The lowest BCUT2D eigenvalue weighted by Gasteiger charge is -2.06. The number of aromatic amines is 2. The molecule has 0 spiro atoms. The molecule has 7 nitrogen and oxygen atoms in total. The predicted octanol–water partition coefficient (Wildman–Crippen LogP) is -0.882. The van der Waals surface area contributed by atoms with Gasteiger partial charge in [0, 0.05) is 79.2 Å². The Hall–Kier alpha value is -5.86. The number of hydrogen-bond donors (Lipinski definition) is 2. The standard InChI is InChI=1S/C45H38N7.3ClH/c1-29-11-13-30(14-12-29)42-34-15-17-36(46-34)43(31-8-5-23-50(2)26-31)38-19-21-40(48-38)45(33-10-7-25-52(4)28-33)41-22-20-39(49-41)44(37-18-16-35(42)47-37)32-9-6-24-51(3)27-32;;;/h5-28,46,49H,1-4H3;3*1H/q+3;;;/p-3. The number of nitrogens with zero attached hydrogens (tertiary/aromatic N) is 5. The molecular weight excluding hydrogens is 745 g/mol. The highest BCUT2D eigenvalue weighted by Crippen LogP contribution is 2.37. The number of halogens is 3. The lowest BCUT2D eigenvalue weighted by Crippen LogP contribution is -3.00. The summed E-state index contributed by atoms with van der Waals surface area (Å²) in [6.45, 7) is 2.12. The van der Waals surface area contributed by atoms with Crippen LogP contribution in [-0.2, 0) is 21.1 Å². The van der Waals surface area contributed by atoms with Gasteiger partial charge in [0.15, 0.2) is 37.2 Å². The van der Waals surface area contributed by atoms with Crippen LogP contribution >= 0.6 is 0 Å². The molecule has 2 N–H and O–H groups in total. The zero-order chi connectivity index (χ0) is 35.3. The summed E-state index contributed by atoms with van der Waals surface area (Å²) < 4.78 is 6.24. The smallest absolute Gasteiger partial charge is 0.176 e. The summed E-state index contributed by atoms with van der Waals surface area (Å²) in [4.78, 5) is 18.5. The highest BCUT2D eigenvalue weighted by molar-refractivity contribution is 5.99. The Morgan fingerprint density at radius 2 is 0.709 bits per heavy atom. The monoisotopic (exact) mass is 781 g/mol. The van der Waals surface area contributed by atoms with E-state index in [1.807, 2.05) is 0 Å². The van der Waals surface area contributed by atoms with E-state index in [4.69, 9.17) is 9.97 Å². The van der Waals surface area contributed by atoms with Gasteiger partial charge in [-0.2, -0.15) is 0 Å². The van der Waals surface area contributed by atoms with Crippen molar-refractivity contribution in [1.82, 2.24) is 19.9 Å². The van der Waals surface area contributed by atoms with Crippen molar-refractivity contribution in [3.05, 3.63) is 150 Å². The van der Waals surface area contributed by atoms with E-state index >= 15 is 0 Å². The Labute approximate surface area is 338 Å². The third kappa shape index (κ3) is 7.34. The van der Waals surface area contributed by atoms with Gasteiger partial charge < -0.3 is 47.2 Å². The van der Waals surface area contributed by atoms with E-state index in [1.54, 1.807) is 0 Å². The number of aromatic nitrogens is 7. The predicted molar refractivity (Wildman–Crippen MR) is 209 cm³/mol. The zero-order valence-corrected chi connectivity index (χ0v) is 33.0. The molecule has 55 heavy (non-hydrogen) atoms. The highest BCUT2D eigenvalue weighted by atomic mass is 35.5. The van der Waals surface area contributed by atoms with Crippen LogP contribution in [0.2, 0.25) is 0 Å². The van der Waals surface area contributed by atoms with Gasteiger partial charge in [-0.3, -0.25) is 0 Å². The molecule has 0 aliphatic carbocycles. The first-order chi connectivity index (χ1) is 25.4. The molecule has 2 aliphatic rings. The van der Waals surface area contributed by atoms with Gasteiger partial charge in [-0.15, -0.1) is 0 Å². The average Bonchev–Trinajstić information content (AvgIpc) is 3.97.